The second kappa shape index (κ2) is 9.71. The lowest BCUT2D eigenvalue weighted by atomic mass is 10.1. The van der Waals surface area contributed by atoms with E-state index in [0.29, 0.717) is 17.9 Å². The molecule has 1 aliphatic heterocycles. The molecule has 1 fully saturated rings. The molecule has 0 radical (unpaired) electrons. The average molecular weight is 470 g/mol. The summed E-state index contributed by atoms with van der Waals surface area (Å²) in [6.45, 7) is 4.12. The number of rotatable bonds is 5. The van der Waals surface area contributed by atoms with Gasteiger partial charge in [0.2, 0.25) is 0 Å². The van der Waals surface area contributed by atoms with Crippen LogP contribution in [0.3, 0.4) is 0 Å². The number of phenolic OH excluding ortho intramolecular Hbond substituents is 1. The van der Waals surface area contributed by atoms with Gasteiger partial charge in [-0.15, -0.1) is 0 Å². The molecule has 0 aromatic heterocycles. The highest BCUT2D eigenvalue weighted by Gasteiger charge is 2.26. The molecule has 166 valence electrons. The highest BCUT2D eigenvalue weighted by molar-refractivity contribution is 6.41. The number of likely N-dealkylation sites (N-methyl/N-ethyl adjacent to an activating group) is 1. The Morgan fingerprint density at radius 2 is 1.81 bits per heavy atom. The van der Waals surface area contributed by atoms with E-state index in [1.54, 1.807) is 6.07 Å². The van der Waals surface area contributed by atoms with Crippen molar-refractivity contribution in [1.82, 2.24) is 9.80 Å². The predicted octanol–water partition coefficient (Wildman–Crippen LogP) is 3.05. The van der Waals surface area contributed by atoms with Gasteiger partial charge in [-0.05, 0) is 37.4 Å². The van der Waals surface area contributed by atoms with E-state index in [1.807, 2.05) is 0 Å². The van der Waals surface area contributed by atoms with Gasteiger partial charge >= 0.3 is 11.9 Å². The van der Waals surface area contributed by atoms with Crippen molar-refractivity contribution in [2.45, 2.75) is 6.54 Å². The summed E-state index contributed by atoms with van der Waals surface area (Å²) >= 11 is 12.4. The van der Waals surface area contributed by atoms with E-state index >= 15 is 0 Å². The van der Waals surface area contributed by atoms with Gasteiger partial charge in [0.15, 0.2) is 5.75 Å². The molecule has 1 amide bonds. The fourth-order valence-corrected chi connectivity index (χ4v) is 3.62. The number of ether oxygens (including phenoxy) is 1. The van der Waals surface area contributed by atoms with Crippen LogP contribution >= 0.6 is 23.2 Å². The normalized spacial score (nSPS) is 15.0. The highest BCUT2D eigenvalue weighted by Crippen LogP contribution is 2.42. The summed E-state index contributed by atoms with van der Waals surface area (Å²) in [6, 6.07) is 7.14. The molecule has 3 rings (SSSR count). The summed E-state index contributed by atoms with van der Waals surface area (Å²) in [7, 11) is 2.06. The fourth-order valence-electron chi connectivity index (χ4n) is 3.10. The summed E-state index contributed by atoms with van der Waals surface area (Å²) in [4.78, 5) is 26.8. The van der Waals surface area contributed by atoms with Gasteiger partial charge in [0.25, 0.3) is 0 Å². The van der Waals surface area contributed by atoms with Crippen molar-refractivity contribution < 1.29 is 29.7 Å². The lowest BCUT2D eigenvalue weighted by Gasteiger charge is -2.32. The number of hydrogen-bond acceptors (Lipinski definition) is 7. The van der Waals surface area contributed by atoms with Gasteiger partial charge in [-0.2, -0.15) is 5.06 Å². The molecule has 0 bridgehead atoms. The topological polar surface area (TPSA) is 114 Å². The molecule has 1 aliphatic rings. The third-order valence-corrected chi connectivity index (χ3v) is 5.56. The number of amides is 1. The largest absolute Gasteiger partial charge is 0.508 e. The van der Waals surface area contributed by atoms with E-state index < -0.39 is 11.9 Å². The number of halogens is 2. The lowest BCUT2D eigenvalue weighted by Crippen LogP contribution is -2.43. The Kier molecular flexibility index (Phi) is 7.24. The van der Waals surface area contributed by atoms with Gasteiger partial charge in [0.05, 0.1) is 10.7 Å². The maximum absolute atomic E-state index is 11.6. The Morgan fingerprint density at radius 1 is 1.13 bits per heavy atom. The molecule has 9 nitrogen and oxygen atoms in total. The summed E-state index contributed by atoms with van der Waals surface area (Å²) in [5.74, 6) is -3.09. The van der Waals surface area contributed by atoms with Crippen LogP contribution in [0.4, 0.5) is 5.69 Å². The Balaban J connectivity index is 1.84. The molecule has 2 aromatic carbocycles. The first-order valence-corrected chi connectivity index (χ1v) is 10.1. The van der Waals surface area contributed by atoms with Gasteiger partial charge in [0.1, 0.15) is 16.5 Å². The molecule has 0 unspecified atom stereocenters. The standard InChI is InChI=1S/C20H21Cl2N3O6/c1-23-6-8-24(9-7-23)11-12-10-13(2-5-16(12)26)31-18-14(21)3-4-15(17(18)22)25(30)19(27)20(28)29/h2-5,10,26,30H,6-9,11H2,1H3,(H,28,29). The lowest BCUT2D eigenvalue weighted by molar-refractivity contribution is -0.151. The summed E-state index contributed by atoms with van der Waals surface area (Å²) in [5, 5.41) is 28.7. The zero-order chi connectivity index (χ0) is 22.7. The molecule has 0 saturated carbocycles. The molecular formula is C20H21Cl2N3O6. The molecule has 3 N–H and O–H groups in total. The van der Waals surface area contributed by atoms with Gasteiger partial charge in [-0.1, -0.05) is 23.2 Å². The SMILES string of the molecule is CN1CCN(Cc2cc(Oc3c(Cl)ccc(N(O)C(=O)C(=O)O)c3Cl)ccc2O)CC1. The van der Waals surface area contributed by atoms with E-state index in [2.05, 4.69) is 16.8 Å². The number of carboxylic acid groups (broad SMARTS) is 1. The van der Waals surface area contributed by atoms with Crippen molar-refractivity contribution in [2.24, 2.45) is 0 Å². The number of carboxylic acids is 1. The van der Waals surface area contributed by atoms with E-state index in [9.17, 15) is 19.9 Å². The van der Waals surface area contributed by atoms with E-state index in [-0.39, 0.29) is 32.3 Å². The zero-order valence-electron chi connectivity index (χ0n) is 16.6. The molecule has 0 atom stereocenters. The quantitative estimate of drug-likeness (QED) is 0.347. The number of nitrogens with zero attached hydrogens (tertiary/aromatic N) is 3. The number of aromatic hydroxyl groups is 1. The minimum Gasteiger partial charge on any atom is -0.508 e. The number of hydroxylamine groups is 1. The number of piperazine rings is 1. The van der Waals surface area contributed by atoms with Crippen molar-refractivity contribution in [1.29, 1.82) is 0 Å². The van der Waals surface area contributed by atoms with Crippen LogP contribution in [0.5, 0.6) is 17.2 Å². The highest BCUT2D eigenvalue weighted by atomic mass is 35.5. The maximum Gasteiger partial charge on any atom is 0.397 e. The first-order valence-electron chi connectivity index (χ1n) is 9.32. The van der Waals surface area contributed by atoms with Crippen LogP contribution in [-0.4, -0.2) is 70.3 Å². The zero-order valence-corrected chi connectivity index (χ0v) is 18.1. The molecule has 31 heavy (non-hydrogen) atoms. The number of aliphatic carboxylic acids is 1. The molecule has 1 heterocycles. The summed E-state index contributed by atoms with van der Waals surface area (Å²) in [6.07, 6.45) is 0. The van der Waals surface area contributed by atoms with Crippen molar-refractivity contribution in [3.05, 3.63) is 45.9 Å². The minimum absolute atomic E-state index is 0.0747. The van der Waals surface area contributed by atoms with Crippen molar-refractivity contribution >= 4 is 40.8 Å². The second-order valence-corrected chi connectivity index (χ2v) is 7.89. The first-order chi connectivity index (χ1) is 14.7. The fraction of sp³-hybridized carbons (Fsp3) is 0.300. The van der Waals surface area contributed by atoms with Crippen LogP contribution < -0.4 is 9.80 Å². The number of hydrogen-bond donors (Lipinski definition) is 3. The predicted molar refractivity (Wildman–Crippen MR) is 114 cm³/mol. The van der Waals surface area contributed by atoms with Crippen LogP contribution in [-0.2, 0) is 16.1 Å². The average Bonchev–Trinajstić information content (AvgIpc) is 2.74. The molecule has 0 spiro atoms. The minimum atomic E-state index is -1.86. The van der Waals surface area contributed by atoms with Crippen molar-refractivity contribution in [3.63, 3.8) is 0 Å². The van der Waals surface area contributed by atoms with Gasteiger partial charge in [-0.3, -0.25) is 14.9 Å². The number of phenols is 1. The van der Waals surface area contributed by atoms with Crippen molar-refractivity contribution in [3.8, 4) is 17.2 Å². The number of benzene rings is 2. The Bertz CT molecular complexity index is 995. The van der Waals surface area contributed by atoms with E-state index in [4.69, 9.17) is 33.0 Å². The van der Waals surface area contributed by atoms with Crippen LogP contribution in [0.2, 0.25) is 10.0 Å². The van der Waals surface area contributed by atoms with Crippen LogP contribution in [0.1, 0.15) is 5.56 Å². The second-order valence-electron chi connectivity index (χ2n) is 7.10. The number of carbonyl (C=O) groups is 2. The first kappa shape index (κ1) is 23.1. The molecule has 11 heteroatoms. The smallest absolute Gasteiger partial charge is 0.397 e. The third-order valence-electron chi connectivity index (χ3n) is 4.89. The molecule has 1 saturated heterocycles. The van der Waals surface area contributed by atoms with E-state index in [1.165, 1.54) is 24.3 Å². The number of carbonyl (C=O) groups excluding carboxylic acids is 1. The Morgan fingerprint density at radius 3 is 2.45 bits per heavy atom. The van der Waals surface area contributed by atoms with Gasteiger partial charge in [-0.25, -0.2) is 4.79 Å². The summed E-state index contributed by atoms with van der Waals surface area (Å²) in [5.41, 5.74) is 0.347. The maximum atomic E-state index is 11.6. The Hall–Kier alpha value is -2.56. The van der Waals surface area contributed by atoms with Crippen LogP contribution in [0.15, 0.2) is 30.3 Å². The third kappa shape index (κ3) is 5.38. The van der Waals surface area contributed by atoms with Gasteiger partial charge in [0, 0.05) is 38.3 Å². The molecule has 0 aliphatic carbocycles. The van der Waals surface area contributed by atoms with E-state index in [0.717, 1.165) is 26.2 Å². The molecule has 2 aromatic rings. The molecular weight excluding hydrogens is 449 g/mol. The van der Waals surface area contributed by atoms with Gasteiger partial charge < -0.3 is 19.8 Å². The number of anilines is 1. The Labute approximate surface area is 188 Å². The van der Waals surface area contributed by atoms with Crippen LogP contribution in [0.25, 0.3) is 0 Å². The summed E-state index contributed by atoms with van der Waals surface area (Å²) < 4.78 is 5.77. The van der Waals surface area contributed by atoms with Crippen LogP contribution in [0, 0.1) is 0 Å². The monoisotopic (exact) mass is 469 g/mol. The van der Waals surface area contributed by atoms with Crippen molar-refractivity contribution in [2.75, 3.05) is 38.3 Å².